The number of carbonyl (C=O) groups is 1. The van der Waals surface area contributed by atoms with Crippen LogP contribution in [0.3, 0.4) is 0 Å². The first-order valence-corrected chi connectivity index (χ1v) is 10.1. The molecule has 0 saturated heterocycles. The molecule has 0 bridgehead atoms. The third-order valence-corrected chi connectivity index (χ3v) is 5.04. The fourth-order valence-electron chi connectivity index (χ4n) is 2.96. The van der Waals surface area contributed by atoms with Crippen LogP contribution >= 0.6 is 11.6 Å². The van der Waals surface area contributed by atoms with Gasteiger partial charge in [-0.15, -0.1) is 0 Å². The number of rotatable bonds is 9. The topological polar surface area (TPSA) is 74.0 Å². The maximum absolute atomic E-state index is 12.8. The van der Waals surface area contributed by atoms with Crippen LogP contribution in [0.25, 0.3) is 0 Å². The number of ether oxygens (including phenoxy) is 3. The molecule has 164 valence electrons. The average Bonchev–Trinajstić information content (AvgIpc) is 3.08. The zero-order valence-electron chi connectivity index (χ0n) is 18.0. The van der Waals surface area contributed by atoms with E-state index in [4.69, 9.17) is 30.3 Å². The van der Waals surface area contributed by atoms with E-state index in [2.05, 4.69) is 5.16 Å². The third kappa shape index (κ3) is 5.70. The van der Waals surface area contributed by atoms with Gasteiger partial charge in [-0.25, -0.2) is 0 Å². The minimum Gasteiger partial charge on any atom is -0.493 e. The molecule has 3 rings (SSSR count). The normalized spacial score (nSPS) is 10.6. The highest BCUT2D eigenvalue weighted by atomic mass is 35.5. The molecule has 3 aromatic rings. The van der Waals surface area contributed by atoms with Crippen molar-refractivity contribution in [1.82, 2.24) is 10.1 Å². The summed E-state index contributed by atoms with van der Waals surface area (Å²) in [5, 5.41) is 4.53. The number of carbonyl (C=O) groups excluding carboxylic acids is 1. The minimum absolute atomic E-state index is 0.148. The Morgan fingerprint density at radius 2 is 1.94 bits per heavy atom. The minimum atomic E-state index is -0.148. The standard InChI is InChI=1S/C23H25ClN2O5/c1-15-20(16(2)31-25-15)14-30-21-9-8-17(12-22(21)28-4)23(27)26(3)10-11-29-19-7-5-6-18(24)13-19/h5-9,12-13H,10-11,14H2,1-4H3. The van der Waals surface area contributed by atoms with Gasteiger partial charge >= 0.3 is 0 Å². The first kappa shape index (κ1) is 22.5. The van der Waals surface area contributed by atoms with Crippen LogP contribution in [0.15, 0.2) is 47.0 Å². The van der Waals surface area contributed by atoms with Crippen molar-refractivity contribution in [3.63, 3.8) is 0 Å². The van der Waals surface area contributed by atoms with Crippen molar-refractivity contribution in [1.29, 1.82) is 0 Å². The molecule has 0 aliphatic carbocycles. The van der Waals surface area contributed by atoms with Gasteiger partial charge < -0.3 is 23.6 Å². The van der Waals surface area contributed by atoms with Gasteiger partial charge in [0.15, 0.2) is 11.5 Å². The highest BCUT2D eigenvalue weighted by molar-refractivity contribution is 6.30. The lowest BCUT2D eigenvalue weighted by molar-refractivity contribution is 0.0773. The molecule has 2 aromatic carbocycles. The number of aryl methyl sites for hydroxylation is 2. The van der Waals surface area contributed by atoms with Gasteiger partial charge in [0.1, 0.15) is 24.7 Å². The molecule has 0 saturated carbocycles. The predicted molar refractivity (Wildman–Crippen MR) is 117 cm³/mol. The molecular weight excluding hydrogens is 420 g/mol. The van der Waals surface area contributed by atoms with E-state index < -0.39 is 0 Å². The molecule has 0 atom stereocenters. The summed E-state index contributed by atoms with van der Waals surface area (Å²) in [4.78, 5) is 14.4. The van der Waals surface area contributed by atoms with E-state index in [0.717, 1.165) is 11.3 Å². The summed E-state index contributed by atoms with van der Waals surface area (Å²) in [5.41, 5.74) is 2.17. The first-order chi connectivity index (χ1) is 14.9. The van der Waals surface area contributed by atoms with Gasteiger partial charge in [0, 0.05) is 17.6 Å². The van der Waals surface area contributed by atoms with Crippen LogP contribution in [0.1, 0.15) is 27.4 Å². The number of hydrogen-bond donors (Lipinski definition) is 0. The Kier molecular flexibility index (Phi) is 7.41. The van der Waals surface area contributed by atoms with Gasteiger partial charge in [0.05, 0.1) is 24.9 Å². The molecule has 0 radical (unpaired) electrons. The number of nitrogens with zero attached hydrogens (tertiary/aromatic N) is 2. The van der Waals surface area contributed by atoms with E-state index in [-0.39, 0.29) is 5.91 Å². The molecule has 1 heterocycles. The van der Waals surface area contributed by atoms with Crippen molar-refractivity contribution in [3.8, 4) is 17.2 Å². The number of halogens is 1. The molecular formula is C23H25ClN2O5. The van der Waals surface area contributed by atoms with Gasteiger partial charge in [-0.1, -0.05) is 22.8 Å². The summed E-state index contributed by atoms with van der Waals surface area (Å²) in [7, 11) is 3.26. The van der Waals surface area contributed by atoms with Crippen molar-refractivity contribution >= 4 is 17.5 Å². The molecule has 8 heteroatoms. The van der Waals surface area contributed by atoms with E-state index in [9.17, 15) is 4.79 Å². The van der Waals surface area contributed by atoms with Gasteiger partial charge in [-0.05, 0) is 50.2 Å². The third-order valence-electron chi connectivity index (χ3n) is 4.80. The molecule has 7 nitrogen and oxygen atoms in total. The maximum Gasteiger partial charge on any atom is 0.253 e. The summed E-state index contributed by atoms with van der Waals surface area (Å²) < 4.78 is 22.1. The Morgan fingerprint density at radius 1 is 1.13 bits per heavy atom. The van der Waals surface area contributed by atoms with Crippen molar-refractivity contribution in [2.75, 3.05) is 27.3 Å². The lowest BCUT2D eigenvalue weighted by Crippen LogP contribution is -2.30. The number of aromatic nitrogens is 1. The second kappa shape index (κ2) is 10.2. The van der Waals surface area contributed by atoms with Gasteiger partial charge in [0.25, 0.3) is 5.91 Å². The van der Waals surface area contributed by atoms with Gasteiger partial charge in [-0.2, -0.15) is 0 Å². The highest BCUT2D eigenvalue weighted by Crippen LogP contribution is 2.30. The van der Waals surface area contributed by atoms with Gasteiger partial charge in [-0.3, -0.25) is 4.79 Å². The first-order valence-electron chi connectivity index (χ1n) is 9.75. The van der Waals surface area contributed by atoms with Crippen LogP contribution in [-0.2, 0) is 6.61 Å². The molecule has 0 spiro atoms. The molecule has 0 N–H and O–H groups in total. The summed E-state index contributed by atoms with van der Waals surface area (Å²) in [6.07, 6.45) is 0. The fourth-order valence-corrected chi connectivity index (χ4v) is 3.14. The lowest BCUT2D eigenvalue weighted by Gasteiger charge is -2.19. The van der Waals surface area contributed by atoms with E-state index in [1.165, 1.54) is 7.11 Å². The lowest BCUT2D eigenvalue weighted by atomic mass is 10.1. The Morgan fingerprint density at radius 3 is 2.61 bits per heavy atom. The van der Waals surface area contributed by atoms with Crippen molar-refractivity contribution < 1.29 is 23.5 Å². The summed E-state index contributed by atoms with van der Waals surface area (Å²) in [6, 6.07) is 12.2. The van der Waals surface area contributed by atoms with Crippen molar-refractivity contribution in [2.24, 2.45) is 0 Å². The van der Waals surface area contributed by atoms with Gasteiger partial charge in [0.2, 0.25) is 0 Å². The molecule has 0 unspecified atom stereocenters. The van der Waals surface area contributed by atoms with Crippen LogP contribution in [0.5, 0.6) is 17.2 Å². The number of likely N-dealkylation sites (N-methyl/N-ethyl adjacent to an activating group) is 1. The zero-order valence-corrected chi connectivity index (χ0v) is 18.7. The van der Waals surface area contributed by atoms with Crippen LogP contribution < -0.4 is 14.2 Å². The second-order valence-electron chi connectivity index (χ2n) is 6.99. The van der Waals surface area contributed by atoms with E-state index in [1.807, 2.05) is 26.0 Å². The van der Waals surface area contributed by atoms with Crippen LogP contribution in [-0.4, -0.2) is 43.3 Å². The molecule has 31 heavy (non-hydrogen) atoms. The smallest absolute Gasteiger partial charge is 0.253 e. The maximum atomic E-state index is 12.8. The quantitative estimate of drug-likeness (QED) is 0.477. The van der Waals surface area contributed by atoms with Crippen molar-refractivity contribution in [3.05, 3.63) is 70.1 Å². The molecule has 1 aromatic heterocycles. The predicted octanol–water partition coefficient (Wildman–Crippen LogP) is 4.68. The Hall–Kier alpha value is -3.19. The Balaban J connectivity index is 1.60. The molecule has 0 fully saturated rings. The number of benzene rings is 2. The SMILES string of the molecule is COc1cc(C(=O)N(C)CCOc2cccc(Cl)c2)ccc1OCc1c(C)noc1C. The van der Waals surface area contributed by atoms with E-state index in [1.54, 1.807) is 42.3 Å². The molecule has 0 aliphatic heterocycles. The van der Waals surface area contributed by atoms with Crippen molar-refractivity contribution in [2.45, 2.75) is 20.5 Å². The summed E-state index contributed by atoms with van der Waals surface area (Å²) in [5.74, 6) is 2.23. The highest BCUT2D eigenvalue weighted by Gasteiger charge is 2.16. The Bertz CT molecular complexity index is 1030. The second-order valence-corrected chi connectivity index (χ2v) is 7.43. The van der Waals surface area contributed by atoms with E-state index in [0.29, 0.717) is 53.4 Å². The molecule has 1 amide bonds. The molecule has 0 aliphatic rings. The van der Waals surface area contributed by atoms with Crippen LogP contribution in [0.2, 0.25) is 5.02 Å². The average molecular weight is 445 g/mol. The number of amides is 1. The Labute approximate surface area is 186 Å². The zero-order chi connectivity index (χ0) is 22.4. The largest absolute Gasteiger partial charge is 0.493 e. The van der Waals surface area contributed by atoms with Crippen LogP contribution in [0, 0.1) is 13.8 Å². The van der Waals surface area contributed by atoms with Crippen LogP contribution in [0.4, 0.5) is 0 Å². The summed E-state index contributed by atoms with van der Waals surface area (Å²) in [6.45, 7) is 4.76. The number of methoxy groups -OCH3 is 1. The van der Waals surface area contributed by atoms with E-state index >= 15 is 0 Å². The fraction of sp³-hybridized carbons (Fsp3) is 0.304. The summed E-state index contributed by atoms with van der Waals surface area (Å²) >= 11 is 5.95. The monoisotopic (exact) mass is 444 g/mol. The number of hydrogen-bond acceptors (Lipinski definition) is 6.